The maximum Gasteiger partial charge on any atom is 0.164 e. The lowest BCUT2D eigenvalue weighted by molar-refractivity contribution is -0.130. The predicted octanol–water partition coefficient (Wildman–Crippen LogP) is 1.80. The van der Waals surface area contributed by atoms with E-state index >= 15 is 0 Å². The summed E-state index contributed by atoms with van der Waals surface area (Å²) in [6.07, 6.45) is 2.02. The van der Waals surface area contributed by atoms with E-state index in [4.69, 9.17) is 9.47 Å². The Morgan fingerprint density at radius 3 is 2.86 bits per heavy atom. The van der Waals surface area contributed by atoms with E-state index in [1.165, 1.54) is 0 Å². The zero-order valence-corrected chi connectivity index (χ0v) is 9.29. The lowest BCUT2D eigenvalue weighted by Crippen LogP contribution is -2.28. The van der Waals surface area contributed by atoms with Gasteiger partial charge in [-0.1, -0.05) is 6.92 Å². The number of ether oxygens (including phenoxy) is 2. The van der Waals surface area contributed by atoms with Gasteiger partial charge in [0.15, 0.2) is 5.78 Å². The van der Waals surface area contributed by atoms with Crippen LogP contribution in [0, 0.1) is 5.92 Å². The minimum atomic E-state index is 0.0683. The number of carbonyl (C=O) groups excluding carboxylic acids is 1. The summed E-state index contributed by atoms with van der Waals surface area (Å²) < 4.78 is 10.8. The maximum atomic E-state index is 11.7. The molecule has 0 bridgehead atoms. The Morgan fingerprint density at radius 1 is 1.57 bits per heavy atom. The summed E-state index contributed by atoms with van der Waals surface area (Å²) in [5.74, 6) is 0.266. The van der Waals surface area contributed by atoms with Gasteiger partial charge in [-0.3, -0.25) is 4.79 Å². The van der Waals surface area contributed by atoms with Gasteiger partial charge in [0.2, 0.25) is 0 Å². The van der Waals surface area contributed by atoms with Crippen LogP contribution in [0.5, 0.6) is 0 Å². The van der Waals surface area contributed by atoms with E-state index in [-0.39, 0.29) is 30.5 Å². The number of rotatable bonds is 5. The van der Waals surface area contributed by atoms with Crippen molar-refractivity contribution in [1.29, 1.82) is 0 Å². The van der Waals surface area contributed by atoms with Crippen LogP contribution in [0.2, 0.25) is 0 Å². The van der Waals surface area contributed by atoms with Gasteiger partial charge in [-0.05, 0) is 26.7 Å². The Kier molecular flexibility index (Phi) is 4.55. The Hall–Kier alpha value is -0.410. The summed E-state index contributed by atoms with van der Waals surface area (Å²) in [5.41, 5.74) is 0. The molecule has 0 aliphatic carbocycles. The molecule has 1 aliphatic heterocycles. The summed E-state index contributed by atoms with van der Waals surface area (Å²) in [5, 5.41) is 0. The van der Waals surface area contributed by atoms with Crippen LogP contribution in [0.15, 0.2) is 0 Å². The van der Waals surface area contributed by atoms with E-state index in [1.54, 1.807) is 0 Å². The van der Waals surface area contributed by atoms with Gasteiger partial charge in [-0.15, -0.1) is 0 Å². The number of hydrogen-bond donors (Lipinski definition) is 0. The molecule has 2 unspecified atom stereocenters. The molecule has 3 nitrogen and oxygen atoms in total. The van der Waals surface area contributed by atoms with Crippen LogP contribution in [0.4, 0.5) is 0 Å². The molecule has 0 amide bonds. The normalized spacial score (nSPS) is 27.1. The second-order valence-electron chi connectivity index (χ2n) is 4.04. The van der Waals surface area contributed by atoms with E-state index in [9.17, 15) is 4.79 Å². The van der Waals surface area contributed by atoms with Crippen LogP contribution in [-0.4, -0.2) is 31.2 Å². The summed E-state index contributed by atoms with van der Waals surface area (Å²) in [7, 11) is 0. The highest BCUT2D eigenvalue weighted by Gasteiger charge is 2.32. The minimum absolute atomic E-state index is 0.0683. The second-order valence-corrected chi connectivity index (χ2v) is 4.04. The van der Waals surface area contributed by atoms with Gasteiger partial charge in [0.05, 0.1) is 12.2 Å². The predicted molar refractivity (Wildman–Crippen MR) is 54.2 cm³/mol. The van der Waals surface area contributed by atoms with Gasteiger partial charge in [-0.2, -0.15) is 0 Å². The standard InChI is InChI=1S/C11H20O3/c1-4-11-9(5-6-13-11)10(12)7-14-8(2)3/h8-9,11H,4-7H2,1-3H3. The third-order valence-electron chi connectivity index (χ3n) is 2.58. The maximum absolute atomic E-state index is 11.7. The summed E-state index contributed by atoms with van der Waals surface area (Å²) >= 11 is 0. The second kappa shape index (κ2) is 5.47. The van der Waals surface area contributed by atoms with Crippen LogP contribution in [0.3, 0.4) is 0 Å². The third kappa shape index (κ3) is 3.07. The van der Waals surface area contributed by atoms with Gasteiger partial charge < -0.3 is 9.47 Å². The van der Waals surface area contributed by atoms with Crippen molar-refractivity contribution >= 4 is 5.78 Å². The molecule has 0 aromatic heterocycles. The highest BCUT2D eigenvalue weighted by Crippen LogP contribution is 2.24. The van der Waals surface area contributed by atoms with E-state index in [0.29, 0.717) is 0 Å². The topological polar surface area (TPSA) is 35.5 Å². The molecule has 3 heteroatoms. The first-order valence-corrected chi connectivity index (χ1v) is 5.41. The lowest BCUT2D eigenvalue weighted by Gasteiger charge is -2.16. The van der Waals surface area contributed by atoms with E-state index in [0.717, 1.165) is 19.4 Å². The molecule has 1 saturated heterocycles. The van der Waals surface area contributed by atoms with Crippen molar-refractivity contribution in [3.8, 4) is 0 Å². The fraction of sp³-hybridized carbons (Fsp3) is 0.909. The van der Waals surface area contributed by atoms with Crippen LogP contribution < -0.4 is 0 Å². The zero-order valence-electron chi connectivity index (χ0n) is 9.29. The first kappa shape index (κ1) is 11.7. The molecule has 0 radical (unpaired) electrons. The fourth-order valence-electron chi connectivity index (χ4n) is 1.77. The molecule has 1 rings (SSSR count). The van der Waals surface area contributed by atoms with Crippen LogP contribution in [0.25, 0.3) is 0 Å². The first-order chi connectivity index (χ1) is 6.65. The summed E-state index contributed by atoms with van der Waals surface area (Å²) in [4.78, 5) is 11.7. The average molecular weight is 200 g/mol. The van der Waals surface area contributed by atoms with Gasteiger partial charge in [0, 0.05) is 12.5 Å². The lowest BCUT2D eigenvalue weighted by atomic mass is 9.95. The number of hydrogen-bond acceptors (Lipinski definition) is 3. The number of Topliss-reactive ketones (excluding diaryl/α,β-unsaturated/α-hetero) is 1. The van der Waals surface area contributed by atoms with Crippen molar-refractivity contribution < 1.29 is 14.3 Å². The average Bonchev–Trinajstić information content (AvgIpc) is 2.61. The summed E-state index contributed by atoms with van der Waals surface area (Å²) in [6, 6.07) is 0. The van der Waals surface area contributed by atoms with E-state index < -0.39 is 0 Å². The Labute approximate surface area is 85.8 Å². The monoisotopic (exact) mass is 200 g/mol. The molecule has 0 spiro atoms. The van der Waals surface area contributed by atoms with Crippen LogP contribution in [0.1, 0.15) is 33.6 Å². The minimum Gasteiger partial charge on any atom is -0.377 e. The van der Waals surface area contributed by atoms with Crippen molar-refractivity contribution in [1.82, 2.24) is 0 Å². The Morgan fingerprint density at radius 2 is 2.29 bits per heavy atom. The summed E-state index contributed by atoms with van der Waals surface area (Å²) in [6.45, 7) is 6.89. The van der Waals surface area contributed by atoms with Crippen LogP contribution in [-0.2, 0) is 14.3 Å². The third-order valence-corrected chi connectivity index (χ3v) is 2.58. The highest BCUT2D eigenvalue weighted by atomic mass is 16.5. The molecule has 14 heavy (non-hydrogen) atoms. The fourth-order valence-corrected chi connectivity index (χ4v) is 1.77. The van der Waals surface area contributed by atoms with Crippen molar-refractivity contribution in [3.63, 3.8) is 0 Å². The van der Waals surface area contributed by atoms with Crippen molar-refractivity contribution in [2.24, 2.45) is 5.92 Å². The van der Waals surface area contributed by atoms with Gasteiger partial charge in [0.1, 0.15) is 6.61 Å². The van der Waals surface area contributed by atoms with Gasteiger partial charge in [0.25, 0.3) is 0 Å². The molecule has 82 valence electrons. The number of carbonyl (C=O) groups is 1. The van der Waals surface area contributed by atoms with Crippen LogP contribution >= 0.6 is 0 Å². The Bertz CT molecular complexity index is 189. The SMILES string of the molecule is CCC1OCCC1C(=O)COC(C)C. The molecule has 0 aromatic rings. The molecule has 2 atom stereocenters. The number of ketones is 1. The largest absolute Gasteiger partial charge is 0.377 e. The first-order valence-electron chi connectivity index (χ1n) is 5.41. The van der Waals surface area contributed by atoms with Crippen molar-refractivity contribution in [2.45, 2.75) is 45.8 Å². The quantitative estimate of drug-likeness (QED) is 0.678. The molecular formula is C11H20O3. The molecule has 0 saturated carbocycles. The zero-order chi connectivity index (χ0) is 10.6. The smallest absolute Gasteiger partial charge is 0.164 e. The van der Waals surface area contributed by atoms with E-state index in [2.05, 4.69) is 6.92 Å². The highest BCUT2D eigenvalue weighted by molar-refractivity contribution is 5.83. The molecule has 0 aromatic carbocycles. The molecule has 0 N–H and O–H groups in total. The molecular weight excluding hydrogens is 180 g/mol. The van der Waals surface area contributed by atoms with Gasteiger partial charge in [-0.25, -0.2) is 0 Å². The molecule has 1 heterocycles. The molecule has 1 aliphatic rings. The van der Waals surface area contributed by atoms with Crippen molar-refractivity contribution in [2.75, 3.05) is 13.2 Å². The Balaban J connectivity index is 2.35. The van der Waals surface area contributed by atoms with E-state index in [1.807, 2.05) is 13.8 Å². The van der Waals surface area contributed by atoms with Gasteiger partial charge >= 0.3 is 0 Å². The molecule has 1 fully saturated rings. The van der Waals surface area contributed by atoms with Crippen molar-refractivity contribution in [3.05, 3.63) is 0 Å².